The first-order valence-corrected chi connectivity index (χ1v) is 6.42. The van der Waals surface area contributed by atoms with E-state index < -0.39 is 5.97 Å². The zero-order valence-electron chi connectivity index (χ0n) is 10.1. The Morgan fingerprint density at radius 1 is 1.50 bits per heavy atom. The molecule has 0 atom stereocenters. The summed E-state index contributed by atoms with van der Waals surface area (Å²) in [5.41, 5.74) is 1.75. The SMILES string of the molecule is CCOc1ccc(-c2csc(C)n2)cc1C(=O)O. The number of aromatic carboxylic acids is 1. The fourth-order valence-corrected chi connectivity index (χ4v) is 2.26. The lowest BCUT2D eigenvalue weighted by Gasteiger charge is -2.08. The van der Waals surface area contributed by atoms with E-state index in [0.717, 1.165) is 16.3 Å². The number of ether oxygens (including phenoxy) is 1. The quantitative estimate of drug-likeness (QED) is 0.920. The van der Waals surface area contributed by atoms with Crippen molar-refractivity contribution in [3.05, 3.63) is 34.2 Å². The predicted octanol–water partition coefficient (Wildman–Crippen LogP) is 3.22. The smallest absolute Gasteiger partial charge is 0.339 e. The molecule has 0 bridgehead atoms. The molecule has 4 nitrogen and oxygen atoms in total. The molecular weight excluding hydrogens is 250 g/mol. The molecule has 0 aliphatic carbocycles. The highest BCUT2D eigenvalue weighted by Crippen LogP contribution is 2.27. The van der Waals surface area contributed by atoms with Crippen molar-refractivity contribution < 1.29 is 14.6 Å². The number of aryl methyl sites for hydroxylation is 1. The molecule has 18 heavy (non-hydrogen) atoms. The number of carboxylic acids is 1. The molecule has 0 saturated carbocycles. The van der Waals surface area contributed by atoms with Gasteiger partial charge in [0.25, 0.3) is 0 Å². The van der Waals surface area contributed by atoms with Crippen molar-refractivity contribution in [3.63, 3.8) is 0 Å². The van der Waals surface area contributed by atoms with E-state index in [-0.39, 0.29) is 5.56 Å². The van der Waals surface area contributed by atoms with Crippen LogP contribution < -0.4 is 4.74 Å². The maximum Gasteiger partial charge on any atom is 0.339 e. The average molecular weight is 263 g/mol. The summed E-state index contributed by atoms with van der Waals surface area (Å²) < 4.78 is 5.30. The molecule has 0 spiro atoms. The van der Waals surface area contributed by atoms with E-state index in [4.69, 9.17) is 4.74 Å². The lowest BCUT2D eigenvalue weighted by molar-refractivity contribution is 0.0692. The van der Waals surface area contributed by atoms with Crippen LogP contribution in [0.25, 0.3) is 11.3 Å². The molecule has 0 unspecified atom stereocenters. The van der Waals surface area contributed by atoms with Crippen LogP contribution in [0.5, 0.6) is 5.75 Å². The monoisotopic (exact) mass is 263 g/mol. The van der Waals surface area contributed by atoms with Crippen molar-refractivity contribution in [2.24, 2.45) is 0 Å². The van der Waals surface area contributed by atoms with Crippen LogP contribution >= 0.6 is 11.3 Å². The fourth-order valence-electron chi connectivity index (χ4n) is 1.63. The lowest BCUT2D eigenvalue weighted by atomic mass is 10.1. The normalized spacial score (nSPS) is 10.3. The summed E-state index contributed by atoms with van der Waals surface area (Å²) in [5.74, 6) is -0.604. The number of hydrogen-bond acceptors (Lipinski definition) is 4. The zero-order chi connectivity index (χ0) is 13.1. The Hall–Kier alpha value is -1.88. The van der Waals surface area contributed by atoms with Crippen molar-refractivity contribution in [1.82, 2.24) is 4.98 Å². The minimum atomic E-state index is -0.993. The Labute approximate surface area is 109 Å². The lowest BCUT2D eigenvalue weighted by Crippen LogP contribution is -2.03. The topological polar surface area (TPSA) is 59.4 Å². The maximum absolute atomic E-state index is 11.2. The molecule has 2 aromatic rings. The van der Waals surface area contributed by atoms with Gasteiger partial charge in [-0.1, -0.05) is 0 Å². The van der Waals surface area contributed by atoms with Gasteiger partial charge >= 0.3 is 5.97 Å². The third kappa shape index (κ3) is 2.51. The molecule has 1 aromatic carbocycles. The predicted molar refractivity (Wildman–Crippen MR) is 70.4 cm³/mol. The third-order valence-electron chi connectivity index (χ3n) is 2.42. The molecular formula is C13H13NO3S. The standard InChI is InChI=1S/C13H13NO3S/c1-3-17-12-5-4-9(6-10(12)13(15)16)11-7-18-8(2)14-11/h4-7H,3H2,1-2H3,(H,15,16). The summed E-state index contributed by atoms with van der Waals surface area (Å²) in [4.78, 5) is 15.5. The van der Waals surface area contributed by atoms with Crippen LogP contribution in [0, 0.1) is 6.92 Å². The van der Waals surface area contributed by atoms with E-state index in [1.54, 1.807) is 12.1 Å². The molecule has 1 heterocycles. The minimum absolute atomic E-state index is 0.167. The van der Waals surface area contributed by atoms with E-state index >= 15 is 0 Å². The van der Waals surface area contributed by atoms with E-state index in [2.05, 4.69) is 4.98 Å². The number of hydrogen-bond donors (Lipinski definition) is 1. The van der Waals surface area contributed by atoms with Gasteiger partial charge in [0.15, 0.2) is 0 Å². The van der Waals surface area contributed by atoms with Crippen LogP contribution in [0.2, 0.25) is 0 Å². The molecule has 0 fully saturated rings. The first-order chi connectivity index (χ1) is 8.61. The summed E-state index contributed by atoms with van der Waals surface area (Å²) in [5, 5.41) is 12.0. The van der Waals surface area contributed by atoms with Gasteiger partial charge in [-0.05, 0) is 32.0 Å². The third-order valence-corrected chi connectivity index (χ3v) is 3.20. The summed E-state index contributed by atoms with van der Waals surface area (Å²) in [6, 6.07) is 5.10. The Bertz CT molecular complexity index is 577. The number of carbonyl (C=O) groups is 1. The maximum atomic E-state index is 11.2. The van der Waals surface area contributed by atoms with Gasteiger partial charge in [-0.2, -0.15) is 0 Å². The van der Waals surface area contributed by atoms with Gasteiger partial charge in [0.2, 0.25) is 0 Å². The Balaban J connectivity index is 2.46. The molecule has 1 N–H and O–H groups in total. The highest BCUT2D eigenvalue weighted by molar-refractivity contribution is 7.09. The summed E-state index contributed by atoms with van der Waals surface area (Å²) in [6.07, 6.45) is 0. The van der Waals surface area contributed by atoms with Crippen molar-refractivity contribution in [2.45, 2.75) is 13.8 Å². The average Bonchev–Trinajstić information content (AvgIpc) is 2.76. The second-order valence-corrected chi connectivity index (χ2v) is 4.76. The second-order valence-electron chi connectivity index (χ2n) is 3.70. The summed E-state index contributed by atoms with van der Waals surface area (Å²) >= 11 is 1.54. The Morgan fingerprint density at radius 3 is 2.83 bits per heavy atom. The number of nitrogens with zero attached hydrogens (tertiary/aromatic N) is 1. The molecule has 2 rings (SSSR count). The Morgan fingerprint density at radius 2 is 2.28 bits per heavy atom. The van der Waals surface area contributed by atoms with E-state index in [1.807, 2.05) is 25.3 Å². The number of aromatic nitrogens is 1. The molecule has 0 aliphatic heterocycles. The Kier molecular flexibility index (Phi) is 3.62. The molecule has 0 aliphatic rings. The van der Waals surface area contributed by atoms with E-state index in [1.165, 1.54) is 11.3 Å². The molecule has 0 radical (unpaired) electrons. The van der Waals surface area contributed by atoms with Crippen LogP contribution in [0.15, 0.2) is 23.6 Å². The van der Waals surface area contributed by atoms with Crippen molar-refractivity contribution in [3.8, 4) is 17.0 Å². The zero-order valence-corrected chi connectivity index (χ0v) is 11.0. The molecule has 0 amide bonds. The van der Waals surface area contributed by atoms with Gasteiger partial charge in [-0.25, -0.2) is 9.78 Å². The van der Waals surface area contributed by atoms with Gasteiger partial charge in [-0.3, -0.25) is 0 Å². The molecule has 5 heteroatoms. The van der Waals surface area contributed by atoms with Gasteiger partial charge in [-0.15, -0.1) is 11.3 Å². The van der Waals surface area contributed by atoms with Crippen molar-refractivity contribution in [1.29, 1.82) is 0 Å². The number of rotatable bonds is 4. The van der Waals surface area contributed by atoms with Crippen LogP contribution in [0.3, 0.4) is 0 Å². The second kappa shape index (κ2) is 5.18. The number of benzene rings is 1. The highest BCUT2D eigenvalue weighted by Gasteiger charge is 2.13. The van der Waals surface area contributed by atoms with Crippen molar-refractivity contribution in [2.75, 3.05) is 6.61 Å². The van der Waals surface area contributed by atoms with Gasteiger partial charge in [0.1, 0.15) is 11.3 Å². The van der Waals surface area contributed by atoms with Crippen molar-refractivity contribution >= 4 is 17.3 Å². The van der Waals surface area contributed by atoms with Crippen LogP contribution in [-0.4, -0.2) is 22.7 Å². The van der Waals surface area contributed by atoms with Gasteiger partial charge in [0, 0.05) is 10.9 Å². The molecule has 94 valence electrons. The summed E-state index contributed by atoms with van der Waals surface area (Å²) in [6.45, 7) is 4.18. The van der Waals surface area contributed by atoms with Crippen LogP contribution in [0.4, 0.5) is 0 Å². The van der Waals surface area contributed by atoms with E-state index in [9.17, 15) is 9.90 Å². The number of thiazole rings is 1. The minimum Gasteiger partial charge on any atom is -0.493 e. The van der Waals surface area contributed by atoms with Crippen LogP contribution in [-0.2, 0) is 0 Å². The molecule has 1 aromatic heterocycles. The first-order valence-electron chi connectivity index (χ1n) is 5.54. The van der Waals surface area contributed by atoms with Gasteiger partial charge in [0.05, 0.1) is 17.3 Å². The summed E-state index contributed by atoms with van der Waals surface area (Å²) in [7, 11) is 0. The highest BCUT2D eigenvalue weighted by atomic mass is 32.1. The fraction of sp³-hybridized carbons (Fsp3) is 0.231. The van der Waals surface area contributed by atoms with Gasteiger partial charge < -0.3 is 9.84 Å². The van der Waals surface area contributed by atoms with E-state index in [0.29, 0.717) is 12.4 Å². The largest absolute Gasteiger partial charge is 0.493 e. The molecule has 0 saturated heterocycles. The first kappa shape index (κ1) is 12.6. The number of carboxylic acid groups (broad SMARTS) is 1. The van der Waals surface area contributed by atoms with Crippen LogP contribution in [0.1, 0.15) is 22.3 Å².